The Labute approximate surface area is 60.6 Å². The molecule has 0 bridgehead atoms. The Hall–Kier alpha value is -0.790. The third-order valence-corrected chi connectivity index (χ3v) is 2.09. The normalized spacial score (nSPS) is 32.1. The molecule has 1 aliphatic rings. The second kappa shape index (κ2) is 2.45. The summed E-state index contributed by atoms with van der Waals surface area (Å²) in [7, 11) is 0. The van der Waals surface area contributed by atoms with E-state index in [0.29, 0.717) is 12.8 Å². The second-order valence-corrected chi connectivity index (χ2v) is 3.06. The van der Waals surface area contributed by atoms with Crippen LogP contribution < -0.4 is 5.11 Å². The van der Waals surface area contributed by atoms with E-state index in [2.05, 4.69) is 0 Å². The van der Waals surface area contributed by atoms with Gasteiger partial charge in [0.15, 0.2) is 0 Å². The molecule has 56 valence electrons. The van der Waals surface area contributed by atoms with Gasteiger partial charge in [0.05, 0.1) is 0 Å². The molecule has 1 atom stereocenters. The first-order valence-corrected chi connectivity index (χ1v) is 3.52. The van der Waals surface area contributed by atoms with Crippen LogP contribution in [0.25, 0.3) is 0 Å². The molecule has 1 aliphatic carbocycles. The second-order valence-electron chi connectivity index (χ2n) is 3.06. The molecule has 1 rings (SSSR count). The summed E-state index contributed by atoms with van der Waals surface area (Å²) in [5, 5.41) is 10.5. The molecule has 0 heterocycles. The minimum Gasteiger partial charge on any atom is -0.550 e. The van der Waals surface area contributed by atoms with Crippen molar-refractivity contribution in [2.75, 3.05) is 0 Å². The van der Waals surface area contributed by atoms with Crippen molar-refractivity contribution in [1.29, 1.82) is 0 Å². The quantitative estimate of drug-likeness (QED) is 0.496. The van der Waals surface area contributed by atoms with Gasteiger partial charge in [-0.2, -0.15) is 0 Å². The number of hydrogen-bond donors (Lipinski definition) is 0. The highest BCUT2D eigenvalue weighted by atomic mass is 16.4. The van der Waals surface area contributed by atoms with Crippen molar-refractivity contribution in [2.45, 2.75) is 26.2 Å². The maximum atomic E-state index is 10.5. The predicted octanol–water partition coefficient (Wildman–Crippen LogP) is 0.483. The van der Waals surface area contributed by atoms with Crippen molar-refractivity contribution >= 4 is 5.97 Å². The molecule has 0 fully saturated rings. The molecule has 0 saturated heterocycles. The number of carboxylic acid groups (broad SMARTS) is 1. The van der Waals surface area contributed by atoms with E-state index in [0.717, 1.165) is 6.42 Å². The van der Waals surface area contributed by atoms with Crippen LogP contribution in [0.2, 0.25) is 0 Å². The Morgan fingerprint density at radius 1 is 1.60 bits per heavy atom. The van der Waals surface area contributed by atoms with Crippen LogP contribution in [0.4, 0.5) is 0 Å². The van der Waals surface area contributed by atoms with Gasteiger partial charge in [0.25, 0.3) is 0 Å². The molecule has 0 aliphatic heterocycles. The largest absolute Gasteiger partial charge is 0.550 e. The van der Waals surface area contributed by atoms with Gasteiger partial charge >= 0.3 is 0 Å². The zero-order valence-corrected chi connectivity index (χ0v) is 6.09. The van der Waals surface area contributed by atoms with Crippen molar-refractivity contribution in [1.82, 2.24) is 0 Å². The highest BCUT2D eigenvalue weighted by Crippen LogP contribution is 2.30. The summed E-state index contributed by atoms with van der Waals surface area (Å²) in [5.41, 5.74) is -0.602. The van der Waals surface area contributed by atoms with Gasteiger partial charge < -0.3 is 9.90 Å². The highest BCUT2D eigenvalue weighted by molar-refractivity contribution is 5.72. The van der Waals surface area contributed by atoms with Crippen LogP contribution in [0.1, 0.15) is 26.2 Å². The lowest BCUT2D eigenvalue weighted by molar-refractivity contribution is -0.318. The van der Waals surface area contributed by atoms with E-state index >= 15 is 0 Å². The van der Waals surface area contributed by atoms with E-state index in [9.17, 15) is 9.90 Å². The molecule has 0 saturated carbocycles. The van der Waals surface area contributed by atoms with Crippen LogP contribution in [0.5, 0.6) is 0 Å². The standard InChI is InChI=1S/C8H12O2/c1-8(7(9)10)5-3-2-4-6-8/h2-3H,4-6H2,1H3,(H,9,10)/p-1. The lowest BCUT2D eigenvalue weighted by Gasteiger charge is -2.31. The van der Waals surface area contributed by atoms with Crippen LogP contribution >= 0.6 is 0 Å². The summed E-state index contributed by atoms with van der Waals surface area (Å²) in [6, 6.07) is 0. The van der Waals surface area contributed by atoms with Gasteiger partial charge in [-0.25, -0.2) is 0 Å². The Bertz CT molecular complexity index is 172. The molecule has 0 amide bonds. The fourth-order valence-electron chi connectivity index (χ4n) is 1.15. The summed E-state index contributed by atoms with van der Waals surface area (Å²) >= 11 is 0. The summed E-state index contributed by atoms with van der Waals surface area (Å²) in [5.74, 6) is -0.920. The predicted molar refractivity (Wildman–Crippen MR) is 36.1 cm³/mol. The molecule has 0 N–H and O–H groups in total. The van der Waals surface area contributed by atoms with Crippen LogP contribution in [-0.2, 0) is 4.79 Å². The summed E-state index contributed by atoms with van der Waals surface area (Å²) in [6.07, 6.45) is 6.13. The van der Waals surface area contributed by atoms with Crippen LogP contribution in [0, 0.1) is 5.41 Å². The molecule has 1 unspecified atom stereocenters. The van der Waals surface area contributed by atoms with Gasteiger partial charge in [0.1, 0.15) is 0 Å². The van der Waals surface area contributed by atoms with E-state index in [1.54, 1.807) is 6.92 Å². The average Bonchev–Trinajstić information content (AvgIpc) is 1.89. The van der Waals surface area contributed by atoms with Gasteiger partial charge in [-0.05, 0) is 19.3 Å². The maximum absolute atomic E-state index is 10.5. The lowest BCUT2D eigenvalue weighted by atomic mass is 9.79. The zero-order valence-electron chi connectivity index (χ0n) is 6.09. The molecular weight excluding hydrogens is 128 g/mol. The Balaban J connectivity index is 2.68. The lowest BCUT2D eigenvalue weighted by Crippen LogP contribution is -2.40. The first-order chi connectivity index (χ1) is 4.65. The minimum absolute atomic E-state index is 0.602. The molecular formula is C8H11O2-. The number of rotatable bonds is 1. The SMILES string of the molecule is CC1(C(=O)[O-])CC=CCC1. The smallest absolute Gasteiger partial charge is 0.0476 e. The van der Waals surface area contributed by atoms with E-state index in [-0.39, 0.29) is 0 Å². The van der Waals surface area contributed by atoms with E-state index < -0.39 is 11.4 Å². The summed E-state index contributed by atoms with van der Waals surface area (Å²) in [4.78, 5) is 10.5. The van der Waals surface area contributed by atoms with Crippen molar-refractivity contribution in [3.05, 3.63) is 12.2 Å². The first kappa shape index (κ1) is 7.32. The van der Waals surface area contributed by atoms with E-state index in [1.807, 2.05) is 12.2 Å². The maximum Gasteiger partial charge on any atom is 0.0476 e. The number of carbonyl (C=O) groups excluding carboxylic acids is 1. The van der Waals surface area contributed by atoms with Crippen LogP contribution in [0.15, 0.2) is 12.2 Å². The monoisotopic (exact) mass is 139 g/mol. The van der Waals surface area contributed by atoms with Gasteiger partial charge in [-0.1, -0.05) is 19.1 Å². The molecule has 0 spiro atoms. The Morgan fingerprint density at radius 3 is 2.60 bits per heavy atom. The number of hydrogen-bond acceptors (Lipinski definition) is 2. The van der Waals surface area contributed by atoms with Crippen LogP contribution in [0.3, 0.4) is 0 Å². The van der Waals surface area contributed by atoms with Crippen molar-refractivity contribution in [3.8, 4) is 0 Å². The number of allylic oxidation sites excluding steroid dienone is 2. The molecule has 0 radical (unpaired) electrons. The van der Waals surface area contributed by atoms with Crippen molar-refractivity contribution in [3.63, 3.8) is 0 Å². The molecule has 2 heteroatoms. The molecule has 0 aromatic carbocycles. The van der Waals surface area contributed by atoms with Gasteiger partial charge in [0, 0.05) is 11.4 Å². The van der Waals surface area contributed by atoms with Crippen molar-refractivity contribution < 1.29 is 9.90 Å². The molecule has 10 heavy (non-hydrogen) atoms. The fourth-order valence-corrected chi connectivity index (χ4v) is 1.15. The summed E-state index contributed by atoms with van der Waals surface area (Å²) in [6.45, 7) is 1.74. The Morgan fingerprint density at radius 2 is 2.30 bits per heavy atom. The van der Waals surface area contributed by atoms with Crippen LogP contribution in [-0.4, -0.2) is 5.97 Å². The third kappa shape index (κ3) is 1.20. The van der Waals surface area contributed by atoms with Gasteiger partial charge in [-0.3, -0.25) is 0 Å². The zero-order chi connectivity index (χ0) is 7.61. The summed E-state index contributed by atoms with van der Waals surface area (Å²) < 4.78 is 0. The van der Waals surface area contributed by atoms with E-state index in [4.69, 9.17) is 0 Å². The van der Waals surface area contributed by atoms with Gasteiger partial charge in [-0.15, -0.1) is 0 Å². The average molecular weight is 139 g/mol. The first-order valence-electron chi connectivity index (χ1n) is 3.52. The highest BCUT2D eigenvalue weighted by Gasteiger charge is 2.25. The minimum atomic E-state index is -0.920. The number of carbonyl (C=O) groups is 1. The fraction of sp³-hybridized carbons (Fsp3) is 0.625. The molecule has 2 nitrogen and oxygen atoms in total. The third-order valence-electron chi connectivity index (χ3n) is 2.09. The van der Waals surface area contributed by atoms with Gasteiger partial charge in [0.2, 0.25) is 0 Å². The number of carboxylic acids is 1. The molecule has 0 aromatic rings. The topological polar surface area (TPSA) is 40.1 Å². The van der Waals surface area contributed by atoms with E-state index in [1.165, 1.54) is 0 Å². The molecule has 0 aromatic heterocycles. The van der Waals surface area contributed by atoms with Crippen molar-refractivity contribution in [2.24, 2.45) is 5.41 Å². The number of aliphatic carboxylic acids is 1. The Kier molecular flexibility index (Phi) is 1.79.